The predicted molar refractivity (Wildman–Crippen MR) is 80.4 cm³/mol. The van der Waals surface area contributed by atoms with Crippen molar-refractivity contribution in [3.63, 3.8) is 0 Å². The van der Waals surface area contributed by atoms with Crippen molar-refractivity contribution in [3.05, 3.63) is 23.8 Å². The Labute approximate surface area is 121 Å². The van der Waals surface area contributed by atoms with Gasteiger partial charge in [0.25, 0.3) is 0 Å². The number of hydrogen-bond donors (Lipinski definition) is 1. The molecule has 110 valence electrons. The number of rotatable bonds is 4. The Kier molecular flexibility index (Phi) is 4.16. The van der Waals surface area contributed by atoms with Crippen molar-refractivity contribution in [2.75, 3.05) is 13.2 Å². The highest BCUT2D eigenvalue weighted by atomic mass is 16.5. The summed E-state index contributed by atoms with van der Waals surface area (Å²) in [7, 11) is 0. The van der Waals surface area contributed by atoms with Crippen molar-refractivity contribution in [1.82, 2.24) is 5.32 Å². The molecule has 0 saturated heterocycles. The van der Waals surface area contributed by atoms with E-state index in [1.54, 1.807) is 0 Å². The lowest BCUT2D eigenvalue weighted by Crippen LogP contribution is -2.38. The van der Waals surface area contributed by atoms with E-state index in [0.717, 1.165) is 37.1 Å². The SMILES string of the molecule is CC(NC(C)C1CCC1)c1ccc2c(c1)OCCCO2. The lowest BCUT2D eigenvalue weighted by molar-refractivity contribution is 0.229. The summed E-state index contributed by atoms with van der Waals surface area (Å²) in [6, 6.07) is 7.27. The highest BCUT2D eigenvalue weighted by molar-refractivity contribution is 5.44. The van der Waals surface area contributed by atoms with E-state index in [-0.39, 0.29) is 0 Å². The van der Waals surface area contributed by atoms with E-state index in [4.69, 9.17) is 9.47 Å². The molecular formula is C17H25NO2. The fourth-order valence-electron chi connectivity index (χ4n) is 3.02. The maximum Gasteiger partial charge on any atom is 0.161 e. The molecule has 1 N–H and O–H groups in total. The van der Waals surface area contributed by atoms with Gasteiger partial charge in [-0.05, 0) is 50.3 Å². The molecule has 20 heavy (non-hydrogen) atoms. The Hall–Kier alpha value is -1.22. The van der Waals surface area contributed by atoms with Crippen LogP contribution in [0.25, 0.3) is 0 Å². The molecular weight excluding hydrogens is 250 g/mol. The monoisotopic (exact) mass is 275 g/mol. The van der Waals surface area contributed by atoms with E-state index < -0.39 is 0 Å². The Morgan fingerprint density at radius 2 is 1.80 bits per heavy atom. The fraction of sp³-hybridized carbons (Fsp3) is 0.647. The highest BCUT2D eigenvalue weighted by Crippen LogP contribution is 2.34. The second kappa shape index (κ2) is 6.04. The predicted octanol–water partition coefficient (Wildman–Crippen LogP) is 3.69. The van der Waals surface area contributed by atoms with E-state index in [2.05, 4.69) is 31.3 Å². The van der Waals surface area contributed by atoms with E-state index in [0.29, 0.717) is 12.1 Å². The number of fused-ring (bicyclic) bond motifs is 1. The van der Waals surface area contributed by atoms with Gasteiger partial charge in [0.1, 0.15) is 0 Å². The number of ether oxygens (including phenoxy) is 2. The molecule has 0 aromatic heterocycles. The van der Waals surface area contributed by atoms with Crippen molar-refractivity contribution >= 4 is 0 Å². The van der Waals surface area contributed by atoms with Gasteiger partial charge in [0.05, 0.1) is 13.2 Å². The first-order valence-electron chi connectivity index (χ1n) is 7.89. The van der Waals surface area contributed by atoms with Crippen LogP contribution < -0.4 is 14.8 Å². The summed E-state index contributed by atoms with van der Waals surface area (Å²) in [4.78, 5) is 0. The molecule has 1 aliphatic carbocycles. The summed E-state index contributed by atoms with van der Waals surface area (Å²) in [5.41, 5.74) is 1.28. The van der Waals surface area contributed by atoms with Gasteiger partial charge < -0.3 is 14.8 Å². The van der Waals surface area contributed by atoms with Gasteiger partial charge in [-0.25, -0.2) is 0 Å². The van der Waals surface area contributed by atoms with Crippen LogP contribution in [-0.4, -0.2) is 19.3 Å². The van der Waals surface area contributed by atoms with Crippen LogP contribution in [0.5, 0.6) is 11.5 Å². The summed E-state index contributed by atoms with van der Waals surface area (Å²) >= 11 is 0. The van der Waals surface area contributed by atoms with E-state index in [9.17, 15) is 0 Å². The van der Waals surface area contributed by atoms with Crippen molar-refractivity contribution < 1.29 is 9.47 Å². The molecule has 0 bridgehead atoms. The Bertz CT molecular complexity index is 456. The van der Waals surface area contributed by atoms with Crippen molar-refractivity contribution in [2.24, 2.45) is 5.92 Å². The number of hydrogen-bond acceptors (Lipinski definition) is 3. The molecule has 1 fully saturated rings. The van der Waals surface area contributed by atoms with Gasteiger partial charge >= 0.3 is 0 Å². The molecule has 2 unspecified atom stereocenters. The molecule has 3 heteroatoms. The average Bonchev–Trinajstić information content (AvgIpc) is 2.60. The van der Waals surface area contributed by atoms with E-state index in [1.165, 1.54) is 24.8 Å². The van der Waals surface area contributed by atoms with Gasteiger partial charge in [-0.15, -0.1) is 0 Å². The van der Waals surface area contributed by atoms with Crippen LogP contribution >= 0.6 is 0 Å². The third-order valence-electron chi connectivity index (χ3n) is 4.64. The third kappa shape index (κ3) is 2.93. The lowest BCUT2D eigenvalue weighted by atomic mass is 9.80. The van der Waals surface area contributed by atoms with Crippen LogP contribution in [-0.2, 0) is 0 Å². The van der Waals surface area contributed by atoms with Crippen LogP contribution in [0, 0.1) is 5.92 Å². The summed E-state index contributed by atoms with van der Waals surface area (Å²) in [5, 5.41) is 3.72. The maximum atomic E-state index is 5.77. The molecule has 3 rings (SSSR count). The van der Waals surface area contributed by atoms with Crippen molar-refractivity contribution in [2.45, 2.75) is 51.6 Å². The minimum absolute atomic E-state index is 0.350. The number of benzene rings is 1. The Morgan fingerprint density at radius 1 is 1.05 bits per heavy atom. The average molecular weight is 275 g/mol. The molecule has 2 atom stereocenters. The first kappa shape index (κ1) is 13.7. The molecule has 1 aromatic rings. The standard InChI is InChI=1S/C17H25NO2/c1-12(14-5-3-6-14)18-13(2)15-7-8-16-17(11-15)20-10-4-9-19-16/h7-8,11-14,18H,3-6,9-10H2,1-2H3. The molecule has 2 aliphatic rings. The van der Waals surface area contributed by atoms with Crippen LogP contribution in [0.3, 0.4) is 0 Å². The third-order valence-corrected chi connectivity index (χ3v) is 4.64. The fourth-order valence-corrected chi connectivity index (χ4v) is 3.02. The zero-order valence-electron chi connectivity index (χ0n) is 12.5. The largest absolute Gasteiger partial charge is 0.490 e. The summed E-state index contributed by atoms with van der Waals surface area (Å²) in [6.45, 7) is 6.04. The zero-order valence-corrected chi connectivity index (χ0v) is 12.5. The molecule has 1 heterocycles. The first-order chi connectivity index (χ1) is 9.74. The zero-order chi connectivity index (χ0) is 13.9. The van der Waals surface area contributed by atoms with E-state index >= 15 is 0 Å². The van der Waals surface area contributed by atoms with Crippen LogP contribution in [0.2, 0.25) is 0 Å². The molecule has 1 saturated carbocycles. The van der Waals surface area contributed by atoms with Gasteiger partial charge in [0.2, 0.25) is 0 Å². The second-order valence-electron chi connectivity index (χ2n) is 6.12. The molecule has 1 aromatic carbocycles. The normalized spacial score (nSPS) is 21.7. The van der Waals surface area contributed by atoms with Gasteiger partial charge in [0.15, 0.2) is 11.5 Å². The first-order valence-corrected chi connectivity index (χ1v) is 7.89. The highest BCUT2D eigenvalue weighted by Gasteiger charge is 2.25. The van der Waals surface area contributed by atoms with Gasteiger partial charge in [-0.3, -0.25) is 0 Å². The van der Waals surface area contributed by atoms with Gasteiger partial charge in [0, 0.05) is 18.5 Å². The minimum Gasteiger partial charge on any atom is -0.490 e. The molecule has 0 radical (unpaired) electrons. The molecule has 0 spiro atoms. The molecule has 1 aliphatic heterocycles. The number of nitrogens with one attached hydrogen (secondary N) is 1. The van der Waals surface area contributed by atoms with Crippen molar-refractivity contribution in [1.29, 1.82) is 0 Å². The van der Waals surface area contributed by atoms with Crippen LogP contribution in [0.4, 0.5) is 0 Å². The smallest absolute Gasteiger partial charge is 0.161 e. The second-order valence-corrected chi connectivity index (χ2v) is 6.12. The Morgan fingerprint density at radius 3 is 2.50 bits per heavy atom. The quantitative estimate of drug-likeness (QED) is 0.909. The van der Waals surface area contributed by atoms with Crippen LogP contribution in [0.15, 0.2) is 18.2 Å². The summed E-state index contributed by atoms with van der Waals surface area (Å²) in [5.74, 6) is 2.63. The van der Waals surface area contributed by atoms with Gasteiger partial charge in [-0.1, -0.05) is 12.5 Å². The Balaban J connectivity index is 1.67. The summed E-state index contributed by atoms with van der Waals surface area (Å²) in [6.07, 6.45) is 5.11. The van der Waals surface area contributed by atoms with Crippen molar-refractivity contribution in [3.8, 4) is 11.5 Å². The molecule has 0 amide bonds. The minimum atomic E-state index is 0.350. The molecule has 3 nitrogen and oxygen atoms in total. The maximum absolute atomic E-state index is 5.77. The van der Waals surface area contributed by atoms with E-state index in [1.807, 2.05) is 6.07 Å². The van der Waals surface area contributed by atoms with Gasteiger partial charge in [-0.2, -0.15) is 0 Å². The topological polar surface area (TPSA) is 30.5 Å². The van der Waals surface area contributed by atoms with Crippen LogP contribution in [0.1, 0.15) is 51.1 Å². The summed E-state index contributed by atoms with van der Waals surface area (Å²) < 4.78 is 11.5. The lowest BCUT2D eigenvalue weighted by Gasteiger charge is -2.34.